The Morgan fingerprint density at radius 2 is 1.62 bits per heavy atom. The predicted molar refractivity (Wildman–Crippen MR) is 110 cm³/mol. The van der Waals surface area contributed by atoms with Gasteiger partial charge in [-0.15, -0.1) is 11.8 Å². The zero-order valence-corrected chi connectivity index (χ0v) is 16.3. The Bertz CT molecular complexity index is 608. The van der Waals surface area contributed by atoms with Gasteiger partial charge >= 0.3 is 0 Å². The maximum absolute atomic E-state index is 2.44. The third-order valence-corrected chi connectivity index (χ3v) is 6.74. The monoisotopic (exact) mass is 340 g/mol. The molecule has 1 aliphatic carbocycles. The zero-order valence-electron chi connectivity index (χ0n) is 15.4. The summed E-state index contributed by atoms with van der Waals surface area (Å²) < 4.78 is 0. The summed E-state index contributed by atoms with van der Waals surface area (Å²) in [6.45, 7) is 4.61. The summed E-state index contributed by atoms with van der Waals surface area (Å²) in [6.07, 6.45) is 16.1. The van der Waals surface area contributed by atoms with Crippen LogP contribution >= 0.6 is 11.8 Å². The second kappa shape index (κ2) is 8.94. The van der Waals surface area contributed by atoms with Crippen molar-refractivity contribution in [3.05, 3.63) is 45.9 Å². The lowest BCUT2D eigenvalue weighted by Crippen LogP contribution is -2.04. The van der Waals surface area contributed by atoms with Gasteiger partial charge in [-0.05, 0) is 47.6 Å². The number of hydrogen-bond acceptors (Lipinski definition) is 1. The SMILES string of the molecule is CCCCCCC1=C2C(=Cc3ccccc32)SC1CCCCCC. The Morgan fingerprint density at radius 1 is 0.875 bits per heavy atom. The minimum Gasteiger partial charge on any atom is -0.118 e. The second-order valence-corrected chi connectivity index (χ2v) is 8.51. The van der Waals surface area contributed by atoms with E-state index in [1.54, 1.807) is 16.1 Å². The smallest absolute Gasteiger partial charge is 0.0313 e. The highest BCUT2D eigenvalue weighted by Crippen LogP contribution is 2.54. The molecule has 0 saturated heterocycles. The van der Waals surface area contributed by atoms with Gasteiger partial charge in [-0.25, -0.2) is 0 Å². The lowest BCUT2D eigenvalue weighted by atomic mass is 9.92. The lowest BCUT2D eigenvalue weighted by Gasteiger charge is -2.15. The first kappa shape index (κ1) is 17.9. The van der Waals surface area contributed by atoms with E-state index >= 15 is 0 Å². The molecule has 1 heteroatoms. The van der Waals surface area contributed by atoms with Crippen LogP contribution in [0.5, 0.6) is 0 Å². The van der Waals surface area contributed by atoms with Crippen LogP contribution in [0.1, 0.15) is 89.2 Å². The number of fused-ring (bicyclic) bond motifs is 3. The maximum atomic E-state index is 2.44. The van der Waals surface area contributed by atoms with Gasteiger partial charge in [-0.1, -0.05) is 83.1 Å². The average molecular weight is 341 g/mol. The molecule has 1 aromatic carbocycles. The molecular weight excluding hydrogens is 308 g/mol. The van der Waals surface area contributed by atoms with Crippen LogP contribution in [0.25, 0.3) is 11.6 Å². The summed E-state index contributed by atoms with van der Waals surface area (Å²) in [7, 11) is 0. The van der Waals surface area contributed by atoms with Crippen LogP contribution in [-0.4, -0.2) is 5.25 Å². The largest absolute Gasteiger partial charge is 0.118 e. The predicted octanol–water partition coefficient (Wildman–Crippen LogP) is 7.85. The summed E-state index contributed by atoms with van der Waals surface area (Å²) in [5.74, 6) is 0. The van der Waals surface area contributed by atoms with Crippen LogP contribution in [0.15, 0.2) is 34.7 Å². The zero-order chi connectivity index (χ0) is 16.8. The van der Waals surface area contributed by atoms with Crippen molar-refractivity contribution in [3.63, 3.8) is 0 Å². The molecule has 0 bridgehead atoms. The van der Waals surface area contributed by atoms with Crippen LogP contribution in [-0.2, 0) is 0 Å². The quantitative estimate of drug-likeness (QED) is 0.391. The van der Waals surface area contributed by atoms with Gasteiger partial charge in [0.25, 0.3) is 0 Å². The number of thioether (sulfide) groups is 1. The lowest BCUT2D eigenvalue weighted by molar-refractivity contribution is 0.618. The van der Waals surface area contributed by atoms with Crippen molar-refractivity contribution >= 4 is 23.4 Å². The molecule has 0 aromatic heterocycles. The molecule has 0 radical (unpaired) electrons. The van der Waals surface area contributed by atoms with E-state index in [0.29, 0.717) is 0 Å². The standard InChI is InChI=1S/C23H32S/c1-3-5-7-9-15-20-21(16-10-8-6-4-2)24-22-17-18-13-11-12-14-19(18)23(20)22/h11-14,17,21H,3-10,15-16H2,1-2H3. The molecule has 3 rings (SSSR count). The van der Waals surface area contributed by atoms with E-state index in [2.05, 4.69) is 56.0 Å². The van der Waals surface area contributed by atoms with Gasteiger partial charge in [-0.3, -0.25) is 0 Å². The van der Waals surface area contributed by atoms with Gasteiger partial charge in [-0.2, -0.15) is 0 Å². The van der Waals surface area contributed by atoms with Gasteiger partial charge in [0, 0.05) is 10.2 Å². The molecule has 1 heterocycles. The molecule has 2 aliphatic rings. The Labute approximate surface area is 152 Å². The fourth-order valence-electron chi connectivity index (χ4n) is 4.02. The van der Waals surface area contributed by atoms with Crippen molar-refractivity contribution < 1.29 is 0 Å². The average Bonchev–Trinajstić information content (AvgIpc) is 3.12. The number of rotatable bonds is 10. The van der Waals surface area contributed by atoms with E-state index in [1.807, 2.05) is 0 Å². The van der Waals surface area contributed by atoms with Crippen molar-refractivity contribution in [2.24, 2.45) is 0 Å². The third kappa shape index (κ3) is 3.99. The number of unbranched alkanes of at least 4 members (excludes halogenated alkanes) is 6. The molecule has 1 unspecified atom stereocenters. The van der Waals surface area contributed by atoms with E-state index in [-0.39, 0.29) is 0 Å². The Morgan fingerprint density at radius 3 is 2.42 bits per heavy atom. The van der Waals surface area contributed by atoms with Crippen LogP contribution in [0, 0.1) is 0 Å². The van der Waals surface area contributed by atoms with E-state index in [0.717, 1.165) is 5.25 Å². The first-order valence-corrected chi connectivity index (χ1v) is 10.9. The van der Waals surface area contributed by atoms with Gasteiger partial charge in [0.1, 0.15) is 0 Å². The Balaban J connectivity index is 1.75. The van der Waals surface area contributed by atoms with Crippen molar-refractivity contribution in [1.82, 2.24) is 0 Å². The molecule has 24 heavy (non-hydrogen) atoms. The first-order valence-electron chi connectivity index (χ1n) is 10.1. The van der Waals surface area contributed by atoms with Crippen molar-refractivity contribution in [2.45, 2.75) is 83.3 Å². The number of allylic oxidation sites excluding steroid dienone is 1. The van der Waals surface area contributed by atoms with E-state index < -0.39 is 0 Å². The highest BCUT2D eigenvalue weighted by Gasteiger charge is 2.33. The highest BCUT2D eigenvalue weighted by molar-refractivity contribution is 8.05. The van der Waals surface area contributed by atoms with Gasteiger partial charge in [0.15, 0.2) is 0 Å². The summed E-state index contributed by atoms with van der Waals surface area (Å²) in [5.41, 5.74) is 6.32. The molecule has 130 valence electrons. The highest BCUT2D eigenvalue weighted by atomic mass is 32.2. The van der Waals surface area contributed by atoms with Gasteiger partial charge in [0.05, 0.1) is 0 Å². The second-order valence-electron chi connectivity index (χ2n) is 7.26. The molecule has 1 aromatic rings. The molecule has 0 fully saturated rings. The molecule has 0 N–H and O–H groups in total. The van der Waals surface area contributed by atoms with Crippen LogP contribution in [0.3, 0.4) is 0 Å². The molecule has 1 aliphatic heterocycles. The van der Waals surface area contributed by atoms with E-state index in [4.69, 9.17) is 0 Å². The summed E-state index contributed by atoms with van der Waals surface area (Å²) in [6, 6.07) is 8.99. The number of hydrogen-bond donors (Lipinski definition) is 0. The minimum atomic E-state index is 0.748. The van der Waals surface area contributed by atoms with Gasteiger partial charge in [0.2, 0.25) is 0 Å². The first-order chi connectivity index (χ1) is 11.8. The van der Waals surface area contributed by atoms with Crippen molar-refractivity contribution in [1.29, 1.82) is 0 Å². The molecular formula is C23H32S. The fourth-order valence-corrected chi connectivity index (χ4v) is 5.55. The van der Waals surface area contributed by atoms with Crippen LogP contribution in [0.4, 0.5) is 0 Å². The maximum Gasteiger partial charge on any atom is 0.0313 e. The van der Waals surface area contributed by atoms with Crippen molar-refractivity contribution in [3.8, 4) is 0 Å². The van der Waals surface area contributed by atoms with Crippen LogP contribution < -0.4 is 0 Å². The van der Waals surface area contributed by atoms with E-state index in [1.165, 1.54) is 75.3 Å². The van der Waals surface area contributed by atoms with E-state index in [9.17, 15) is 0 Å². The Kier molecular flexibility index (Phi) is 6.66. The molecule has 0 saturated carbocycles. The normalized spacial score (nSPS) is 18.8. The van der Waals surface area contributed by atoms with Crippen LogP contribution in [0.2, 0.25) is 0 Å². The molecule has 0 amide bonds. The summed E-state index contributed by atoms with van der Waals surface area (Å²) in [4.78, 5) is 1.56. The third-order valence-electron chi connectivity index (χ3n) is 5.36. The minimum absolute atomic E-state index is 0.748. The summed E-state index contributed by atoms with van der Waals surface area (Å²) in [5, 5.41) is 0.748. The van der Waals surface area contributed by atoms with Gasteiger partial charge < -0.3 is 0 Å². The number of benzene rings is 1. The Hall–Kier alpha value is -0.950. The molecule has 1 atom stereocenters. The fraction of sp³-hybridized carbons (Fsp3) is 0.565. The molecule has 0 nitrogen and oxygen atoms in total. The summed E-state index contributed by atoms with van der Waals surface area (Å²) >= 11 is 2.15. The molecule has 0 spiro atoms. The van der Waals surface area contributed by atoms with Crippen molar-refractivity contribution in [2.75, 3.05) is 0 Å². The topological polar surface area (TPSA) is 0 Å².